The van der Waals surface area contributed by atoms with Crippen molar-refractivity contribution in [2.75, 3.05) is 19.8 Å². The molecular weight excluding hydrogens is 608 g/mol. The van der Waals surface area contributed by atoms with Crippen molar-refractivity contribution < 1.29 is 32.0 Å². The Morgan fingerprint density at radius 1 is 0.911 bits per heavy atom. The molecular formula is C35H45FNO6PSi. The van der Waals surface area contributed by atoms with E-state index in [2.05, 4.69) is 51.0 Å². The number of hydrogen-bond acceptors (Lipinski definition) is 6. The number of carbonyl (C=O) groups is 1. The van der Waals surface area contributed by atoms with E-state index in [1.807, 2.05) is 60.7 Å². The Morgan fingerprint density at radius 3 is 1.96 bits per heavy atom. The molecule has 0 N–H and O–H groups in total. The van der Waals surface area contributed by atoms with Gasteiger partial charge in [0.05, 0.1) is 13.2 Å². The number of benzene rings is 3. The van der Waals surface area contributed by atoms with Gasteiger partial charge < -0.3 is 18.2 Å². The zero-order valence-corrected chi connectivity index (χ0v) is 29.2. The molecule has 0 saturated heterocycles. The summed E-state index contributed by atoms with van der Waals surface area (Å²) >= 11 is 0. The minimum Gasteiger partial charge on any atom is -0.544 e. The maximum atomic E-state index is 15.6. The number of alkyl halides is 1. The van der Waals surface area contributed by atoms with Crippen LogP contribution >= 0.6 is 7.60 Å². The van der Waals surface area contributed by atoms with Gasteiger partial charge in [0.2, 0.25) is 14.2 Å². The molecule has 0 spiro atoms. The summed E-state index contributed by atoms with van der Waals surface area (Å²) in [5.74, 6) is -1.39. The second-order valence-corrected chi connectivity index (χ2v) is 19.6. The Morgan fingerprint density at radius 2 is 1.44 bits per heavy atom. The quantitative estimate of drug-likeness (QED) is 0.104. The van der Waals surface area contributed by atoms with Gasteiger partial charge in [-0.15, -0.1) is 0 Å². The molecule has 3 aromatic rings. The molecule has 0 aliphatic heterocycles. The first-order chi connectivity index (χ1) is 21.3. The lowest BCUT2D eigenvalue weighted by atomic mass is 9.98. The molecule has 10 heteroatoms. The van der Waals surface area contributed by atoms with Gasteiger partial charge in [-0.25, -0.2) is 9.18 Å². The number of carbonyl (C=O) groups excluding carboxylic acids is 1. The molecule has 1 atom stereocenters. The van der Waals surface area contributed by atoms with Crippen molar-refractivity contribution in [3.05, 3.63) is 89.5 Å². The fourth-order valence-corrected chi connectivity index (χ4v) is 7.72. The van der Waals surface area contributed by atoms with Crippen LogP contribution < -0.4 is 4.43 Å². The van der Waals surface area contributed by atoms with Crippen LogP contribution in [0.1, 0.15) is 63.6 Å². The predicted octanol–water partition coefficient (Wildman–Crippen LogP) is 9.95. The van der Waals surface area contributed by atoms with Crippen LogP contribution in [0.15, 0.2) is 77.8 Å². The van der Waals surface area contributed by atoms with Crippen LogP contribution in [-0.2, 0) is 24.8 Å². The van der Waals surface area contributed by atoms with E-state index in [9.17, 15) is 9.36 Å². The molecule has 0 radical (unpaired) electrons. The summed E-state index contributed by atoms with van der Waals surface area (Å²) in [4.78, 5) is 17.3. The summed E-state index contributed by atoms with van der Waals surface area (Å²) in [5.41, 5.74) is 5.35. The molecule has 0 aromatic heterocycles. The number of aliphatic imine (C=N–C) groups is 1. The Hall–Kier alpha value is -3.10. The molecule has 3 aromatic carbocycles. The van der Waals surface area contributed by atoms with Crippen LogP contribution in [0.3, 0.4) is 0 Å². The first kappa shape index (κ1) is 34.8. The monoisotopic (exact) mass is 653 g/mol. The summed E-state index contributed by atoms with van der Waals surface area (Å²) < 4.78 is 51.3. The molecule has 4 rings (SSSR count). The van der Waals surface area contributed by atoms with Gasteiger partial charge in [0.15, 0.2) is 0 Å². The SMILES string of the molecule is CCOP(=O)(OCC)C(F)CC(Cc1ccc(O[Si](C)(C)C(C)(C)C)cc1)=NC(=O)OCC1c2ccccc2-c2ccccc21. The van der Waals surface area contributed by atoms with Gasteiger partial charge in [-0.1, -0.05) is 81.4 Å². The molecule has 1 aliphatic rings. The van der Waals surface area contributed by atoms with Crippen LogP contribution in [0.25, 0.3) is 11.1 Å². The topological polar surface area (TPSA) is 83.4 Å². The lowest BCUT2D eigenvalue weighted by Crippen LogP contribution is -2.43. The van der Waals surface area contributed by atoms with Crippen molar-refractivity contribution in [2.24, 2.45) is 4.99 Å². The van der Waals surface area contributed by atoms with Gasteiger partial charge in [0, 0.05) is 24.5 Å². The van der Waals surface area contributed by atoms with Crippen molar-refractivity contribution in [1.82, 2.24) is 0 Å². The molecule has 45 heavy (non-hydrogen) atoms. The molecule has 0 saturated carbocycles. The van der Waals surface area contributed by atoms with Crippen LogP contribution in [0.4, 0.5) is 9.18 Å². The Balaban J connectivity index is 1.54. The maximum Gasteiger partial charge on any atom is 0.433 e. The number of halogens is 1. The van der Waals surface area contributed by atoms with E-state index in [1.54, 1.807) is 13.8 Å². The lowest BCUT2D eigenvalue weighted by molar-refractivity contribution is 0.153. The first-order valence-corrected chi connectivity index (χ1v) is 20.0. The fourth-order valence-electron chi connectivity index (χ4n) is 5.14. The number of ether oxygens (including phenoxy) is 1. The summed E-state index contributed by atoms with van der Waals surface area (Å²) in [6, 6.07) is 23.6. The van der Waals surface area contributed by atoms with Gasteiger partial charge >= 0.3 is 13.7 Å². The highest BCUT2D eigenvalue weighted by Crippen LogP contribution is 2.55. The molecule has 1 amide bonds. The summed E-state index contributed by atoms with van der Waals surface area (Å²) in [5, 5.41) is 0.0414. The number of amides is 1. The third-order valence-electron chi connectivity index (χ3n) is 8.46. The third kappa shape index (κ3) is 8.39. The number of fused-ring (bicyclic) bond motifs is 3. The highest BCUT2D eigenvalue weighted by atomic mass is 31.2. The van der Waals surface area contributed by atoms with Gasteiger partial charge in [-0.2, -0.15) is 4.99 Å². The number of nitrogens with zero attached hydrogens (tertiary/aromatic N) is 1. The fraction of sp³-hybridized carbons (Fsp3) is 0.429. The van der Waals surface area contributed by atoms with Crippen LogP contribution in [0.2, 0.25) is 18.1 Å². The van der Waals surface area contributed by atoms with Gasteiger partial charge in [-0.05, 0) is 71.9 Å². The van der Waals surface area contributed by atoms with Gasteiger partial charge in [-0.3, -0.25) is 4.57 Å². The Bertz CT molecular complexity index is 1500. The highest BCUT2D eigenvalue weighted by molar-refractivity contribution is 7.54. The highest BCUT2D eigenvalue weighted by Gasteiger charge is 2.39. The van der Waals surface area contributed by atoms with Crippen molar-refractivity contribution in [3.63, 3.8) is 0 Å². The average Bonchev–Trinajstić information content (AvgIpc) is 3.30. The van der Waals surface area contributed by atoms with Crippen molar-refractivity contribution in [1.29, 1.82) is 0 Å². The second kappa shape index (κ2) is 14.5. The standard InChI is InChI=1S/C35H45FNO6PSi/c1-8-41-44(39,42-9-2)33(36)23-26(22-25-18-20-27(21-19-25)43-45(6,7)35(3,4)5)37-34(38)40-24-32-30-16-12-10-14-28(30)29-15-11-13-17-31(29)32/h10-21,32-33H,8-9,22-24H2,1-7H3. The molecule has 1 unspecified atom stereocenters. The smallest absolute Gasteiger partial charge is 0.433 e. The van der Waals surface area contributed by atoms with Crippen LogP contribution in [-0.4, -0.2) is 45.9 Å². The van der Waals surface area contributed by atoms with Crippen molar-refractivity contribution in [3.8, 4) is 16.9 Å². The molecule has 7 nitrogen and oxygen atoms in total. The zero-order valence-electron chi connectivity index (χ0n) is 27.3. The summed E-state index contributed by atoms with van der Waals surface area (Å²) in [7, 11) is -6.11. The maximum absolute atomic E-state index is 15.6. The van der Waals surface area contributed by atoms with E-state index >= 15 is 4.39 Å². The van der Waals surface area contributed by atoms with E-state index in [1.165, 1.54) is 0 Å². The third-order valence-corrected chi connectivity index (χ3v) is 14.9. The molecule has 242 valence electrons. The van der Waals surface area contributed by atoms with Gasteiger partial charge in [0.25, 0.3) is 0 Å². The van der Waals surface area contributed by atoms with E-state index in [0.717, 1.165) is 33.6 Å². The zero-order chi connectivity index (χ0) is 32.8. The molecule has 0 heterocycles. The Labute approximate surface area is 267 Å². The van der Waals surface area contributed by atoms with E-state index in [4.69, 9.17) is 18.2 Å². The van der Waals surface area contributed by atoms with E-state index < -0.39 is 34.3 Å². The second-order valence-electron chi connectivity index (χ2n) is 12.7. The molecule has 0 bridgehead atoms. The largest absolute Gasteiger partial charge is 0.544 e. The lowest BCUT2D eigenvalue weighted by Gasteiger charge is -2.36. The summed E-state index contributed by atoms with van der Waals surface area (Å²) in [6.45, 7) is 14.3. The minimum absolute atomic E-state index is 0.0201. The number of rotatable bonds is 13. The Kier molecular flexibility index (Phi) is 11.2. The first-order valence-electron chi connectivity index (χ1n) is 15.5. The molecule has 0 fully saturated rings. The van der Waals surface area contributed by atoms with E-state index in [0.29, 0.717) is 0 Å². The minimum atomic E-state index is -4.08. The van der Waals surface area contributed by atoms with Crippen molar-refractivity contribution in [2.45, 2.75) is 77.4 Å². The molecule has 1 aliphatic carbocycles. The predicted molar refractivity (Wildman–Crippen MR) is 181 cm³/mol. The normalized spacial score (nSPS) is 14.5. The van der Waals surface area contributed by atoms with E-state index in [-0.39, 0.29) is 42.9 Å². The van der Waals surface area contributed by atoms with Crippen molar-refractivity contribution >= 4 is 27.7 Å². The summed E-state index contributed by atoms with van der Waals surface area (Å²) in [6.07, 6.45) is -1.10. The van der Waals surface area contributed by atoms with Gasteiger partial charge in [0.1, 0.15) is 12.4 Å². The average molecular weight is 654 g/mol. The number of hydrogen-bond donors (Lipinski definition) is 0. The van der Waals surface area contributed by atoms with Crippen LogP contribution in [0.5, 0.6) is 5.75 Å². The van der Waals surface area contributed by atoms with Crippen LogP contribution in [0, 0.1) is 0 Å².